The molecule has 0 amide bonds. The van der Waals surface area contributed by atoms with Crippen molar-refractivity contribution in [2.24, 2.45) is 0 Å². The number of benzene rings is 3. The monoisotopic (exact) mass is 316 g/mol. The van der Waals surface area contributed by atoms with E-state index in [4.69, 9.17) is 0 Å². The predicted molar refractivity (Wildman–Crippen MR) is 102 cm³/mol. The minimum absolute atomic E-state index is 0.953. The third kappa shape index (κ3) is 4.87. The van der Waals surface area contributed by atoms with Crippen LogP contribution >= 0.6 is 11.8 Å². The Morgan fingerprint density at radius 1 is 0.783 bits per heavy atom. The summed E-state index contributed by atoms with van der Waals surface area (Å²) in [6.45, 7) is 2.12. The second-order valence-corrected chi connectivity index (χ2v) is 6.80. The molecule has 0 aliphatic rings. The number of thioether (sulfide) groups is 1. The molecule has 0 fully saturated rings. The number of hydrogen-bond donors (Lipinski definition) is 0. The molecule has 0 saturated carbocycles. The lowest BCUT2D eigenvalue weighted by Gasteiger charge is -2.09. The summed E-state index contributed by atoms with van der Waals surface area (Å²) in [5, 5.41) is 0. The first-order chi connectivity index (χ1) is 11.3. The van der Waals surface area contributed by atoms with Crippen LogP contribution in [0.4, 0.5) is 0 Å². The van der Waals surface area contributed by atoms with E-state index in [-0.39, 0.29) is 0 Å². The van der Waals surface area contributed by atoms with Crippen molar-refractivity contribution in [1.29, 1.82) is 0 Å². The minimum Gasteiger partial charge on any atom is -0.0942 e. The molecule has 3 aromatic rings. The summed E-state index contributed by atoms with van der Waals surface area (Å²) in [7, 11) is 0. The van der Waals surface area contributed by atoms with Crippen molar-refractivity contribution in [3.05, 3.63) is 107 Å². The molecule has 0 spiro atoms. The van der Waals surface area contributed by atoms with Gasteiger partial charge in [-0.25, -0.2) is 0 Å². The lowest BCUT2D eigenvalue weighted by molar-refractivity contribution is 1.25. The minimum atomic E-state index is 0.953. The predicted octanol–water partition coefficient (Wildman–Crippen LogP) is 6.37. The molecule has 0 unspecified atom stereocenters. The van der Waals surface area contributed by atoms with Gasteiger partial charge in [-0.05, 0) is 41.2 Å². The maximum Gasteiger partial charge on any atom is 0.0119 e. The Labute approximate surface area is 142 Å². The fourth-order valence-electron chi connectivity index (χ4n) is 2.41. The number of allylic oxidation sites excluding steroid dienone is 1. The fraction of sp³-hybridized carbons (Fsp3) is 0.0909. The van der Waals surface area contributed by atoms with E-state index in [9.17, 15) is 0 Å². The van der Waals surface area contributed by atoms with Crippen molar-refractivity contribution in [3.8, 4) is 0 Å². The molecule has 0 saturated heterocycles. The van der Waals surface area contributed by atoms with Crippen LogP contribution in [0.25, 0.3) is 6.08 Å². The molecule has 0 nitrogen and oxygen atoms in total. The standard InChI is InChI=1S/C22H20S/c1-18-12-14-21(15-13-18)23-22(16-19-8-4-2-5-9-19)17-20-10-6-3-7-11-20/h2-16H,17H2,1H3/b22-16-. The molecule has 1 heteroatoms. The molecule has 0 aliphatic heterocycles. The topological polar surface area (TPSA) is 0 Å². The Hall–Kier alpha value is -2.25. The Balaban J connectivity index is 1.86. The van der Waals surface area contributed by atoms with Gasteiger partial charge in [0.1, 0.15) is 0 Å². The molecule has 0 heterocycles. The first-order valence-corrected chi connectivity index (χ1v) is 8.65. The zero-order chi connectivity index (χ0) is 15.9. The molecule has 0 N–H and O–H groups in total. The van der Waals surface area contributed by atoms with Gasteiger partial charge < -0.3 is 0 Å². The maximum absolute atomic E-state index is 2.29. The Morgan fingerprint density at radius 3 is 2.04 bits per heavy atom. The van der Waals surface area contributed by atoms with Crippen molar-refractivity contribution >= 4 is 17.8 Å². The second-order valence-electron chi connectivity index (χ2n) is 5.60. The van der Waals surface area contributed by atoms with Crippen molar-refractivity contribution in [3.63, 3.8) is 0 Å². The van der Waals surface area contributed by atoms with E-state index in [1.807, 2.05) is 11.8 Å². The van der Waals surface area contributed by atoms with Crippen LogP contribution in [-0.2, 0) is 6.42 Å². The third-order valence-electron chi connectivity index (χ3n) is 3.62. The second kappa shape index (κ2) is 7.85. The Morgan fingerprint density at radius 2 is 1.39 bits per heavy atom. The number of aryl methyl sites for hydroxylation is 1. The quantitative estimate of drug-likeness (QED) is 0.493. The molecule has 114 valence electrons. The van der Waals surface area contributed by atoms with Gasteiger partial charge >= 0.3 is 0 Å². The van der Waals surface area contributed by atoms with E-state index < -0.39 is 0 Å². The van der Waals surface area contributed by atoms with E-state index in [1.54, 1.807) is 0 Å². The van der Waals surface area contributed by atoms with Gasteiger partial charge in [0.05, 0.1) is 0 Å². The largest absolute Gasteiger partial charge is 0.0942 e. The van der Waals surface area contributed by atoms with Gasteiger partial charge in [0.2, 0.25) is 0 Å². The van der Waals surface area contributed by atoms with Crippen LogP contribution in [0.3, 0.4) is 0 Å². The smallest absolute Gasteiger partial charge is 0.0119 e. The van der Waals surface area contributed by atoms with E-state index in [0.29, 0.717) is 0 Å². The van der Waals surface area contributed by atoms with Crippen LogP contribution in [0.1, 0.15) is 16.7 Å². The van der Waals surface area contributed by atoms with Gasteiger partial charge in [-0.3, -0.25) is 0 Å². The number of rotatable bonds is 5. The van der Waals surface area contributed by atoms with Crippen LogP contribution in [0, 0.1) is 6.92 Å². The van der Waals surface area contributed by atoms with Gasteiger partial charge in [0.25, 0.3) is 0 Å². The Bertz CT molecular complexity index is 756. The van der Waals surface area contributed by atoms with Crippen LogP contribution in [0.15, 0.2) is 94.7 Å². The van der Waals surface area contributed by atoms with Gasteiger partial charge in [0, 0.05) is 11.3 Å². The van der Waals surface area contributed by atoms with Crippen LogP contribution < -0.4 is 0 Å². The summed E-state index contributed by atoms with van der Waals surface area (Å²) in [6.07, 6.45) is 3.24. The van der Waals surface area contributed by atoms with Crippen LogP contribution in [-0.4, -0.2) is 0 Å². The average molecular weight is 316 g/mol. The van der Waals surface area contributed by atoms with E-state index >= 15 is 0 Å². The normalized spacial score (nSPS) is 11.4. The van der Waals surface area contributed by atoms with Gasteiger partial charge in [-0.2, -0.15) is 0 Å². The molecule has 0 radical (unpaired) electrons. The molecule has 0 atom stereocenters. The SMILES string of the molecule is Cc1ccc(S/C(=C\c2ccccc2)Cc2ccccc2)cc1. The first kappa shape index (κ1) is 15.6. The Kier molecular flexibility index (Phi) is 5.33. The zero-order valence-corrected chi connectivity index (χ0v) is 14.1. The maximum atomic E-state index is 2.29. The molecular weight excluding hydrogens is 296 g/mol. The van der Waals surface area contributed by atoms with Crippen molar-refractivity contribution in [2.45, 2.75) is 18.2 Å². The highest BCUT2D eigenvalue weighted by atomic mass is 32.2. The zero-order valence-electron chi connectivity index (χ0n) is 13.3. The first-order valence-electron chi connectivity index (χ1n) is 7.84. The van der Waals surface area contributed by atoms with E-state index in [1.165, 1.54) is 26.5 Å². The molecule has 0 aliphatic carbocycles. The summed E-state index contributed by atoms with van der Waals surface area (Å²) in [5.41, 5.74) is 3.89. The highest BCUT2D eigenvalue weighted by Crippen LogP contribution is 2.31. The van der Waals surface area contributed by atoms with Crippen LogP contribution in [0.5, 0.6) is 0 Å². The van der Waals surface area contributed by atoms with Crippen molar-refractivity contribution in [1.82, 2.24) is 0 Å². The molecule has 23 heavy (non-hydrogen) atoms. The van der Waals surface area contributed by atoms with Gasteiger partial charge in [-0.15, -0.1) is 0 Å². The molecule has 3 rings (SSSR count). The summed E-state index contributed by atoms with van der Waals surface area (Å²) < 4.78 is 0. The molecule has 0 aromatic heterocycles. The lowest BCUT2D eigenvalue weighted by atomic mass is 10.1. The van der Waals surface area contributed by atoms with Crippen molar-refractivity contribution < 1.29 is 0 Å². The average Bonchev–Trinajstić information content (AvgIpc) is 2.59. The van der Waals surface area contributed by atoms with E-state index in [2.05, 4.69) is 97.9 Å². The lowest BCUT2D eigenvalue weighted by Crippen LogP contribution is -1.88. The summed E-state index contributed by atoms with van der Waals surface area (Å²) >= 11 is 1.85. The summed E-state index contributed by atoms with van der Waals surface area (Å²) in [4.78, 5) is 2.64. The highest BCUT2D eigenvalue weighted by Gasteiger charge is 2.04. The summed E-state index contributed by atoms with van der Waals surface area (Å²) in [5.74, 6) is 0. The van der Waals surface area contributed by atoms with Crippen LogP contribution in [0.2, 0.25) is 0 Å². The fourth-order valence-corrected chi connectivity index (χ4v) is 3.42. The van der Waals surface area contributed by atoms with Gasteiger partial charge in [-0.1, -0.05) is 90.1 Å². The van der Waals surface area contributed by atoms with E-state index in [0.717, 1.165) is 6.42 Å². The van der Waals surface area contributed by atoms with Gasteiger partial charge in [0.15, 0.2) is 0 Å². The molecule has 3 aromatic carbocycles. The third-order valence-corrected chi connectivity index (χ3v) is 4.65. The highest BCUT2D eigenvalue weighted by molar-refractivity contribution is 8.03. The molecular formula is C22H20S. The van der Waals surface area contributed by atoms with Crippen molar-refractivity contribution in [2.75, 3.05) is 0 Å². The summed E-state index contributed by atoms with van der Waals surface area (Å²) in [6, 6.07) is 29.9. The number of hydrogen-bond acceptors (Lipinski definition) is 1. The molecule has 0 bridgehead atoms.